The van der Waals surface area contributed by atoms with E-state index in [-0.39, 0.29) is 48.3 Å². The van der Waals surface area contributed by atoms with Gasteiger partial charge < -0.3 is 18.6 Å². The highest BCUT2D eigenvalue weighted by Gasteiger charge is 2.64. The van der Waals surface area contributed by atoms with Crippen LogP contribution >= 0.6 is 0 Å². The van der Waals surface area contributed by atoms with Crippen molar-refractivity contribution in [3.63, 3.8) is 0 Å². The van der Waals surface area contributed by atoms with Gasteiger partial charge in [0.1, 0.15) is 29.8 Å². The van der Waals surface area contributed by atoms with Gasteiger partial charge in [-0.05, 0) is 24.5 Å². The predicted molar refractivity (Wildman–Crippen MR) is 129 cm³/mol. The fourth-order valence-corrected chi connectivity index (χ4v) is 7.04. The monoisotopic (exact) mass is 504 g/mol. The minimum Gasteiger partial charge on any atom is -0.460 e. The van der Waals surface area contributed by atoms with Gasteiger partial charge >= 0.3 is 11.9 Å². The lowest BCUT2D eigenvalue weighted by Gasteiger charge is -2.51. The number of carbonyl (C=O) groups is 4. The Kier molecular flexibility index (Phi) is 5.32. The normalized spacial score (nSPS) is 32.0. The summed E-state index contributed by atoms with van der Waals surface area (Å²) in [4.78, 5) is 53.2. The number of ketones is 2. The molecular weight excluding hydrogens is 476 g/mol. The van der Waals surface area contributed by atoms with Crippen molar-refractivity contribution in [2.24, 2.45) is 11.3 Å². The van der Waals surface area contributed by atoms with Crippen LogP contribution in [0.25, 0.3) is 0 Å². The summed E-state index contributed by atoms with van der Waals surface area (Å²) >= 11 is 0. The third kappa shape index (κ3) is 3.24. The summed E-state index contributed by atoms with van der Waals surface area (Å²) in [5, 5.41) is 0. The summed E-state index contributed by atoms with van der Waals surface area (Å²) < 4.78 is 23.1. The Morgan fingerprint density at radius 1 is 1.14 bits per heavy atom. The van der Waals surface area contributed by atoms with Crippen molar-refractivity contribution in [3.05, 3.63) is 70.2 Å². The van der Waals surface area contributed by atoms with Crippen LogP contribution in [-0.2, 0) is 35.6 Å². The van der Waals surface area contributed by atoms with Crippen LogP contribution in [0.3, 0.4) is 0 Å². The minimum absolute atomic E-state index is 0.0530. The van der Waals surface area contributed by atoms with Crippen LogP contribution in [0.15, 0.2) is 52.2 Å². The van der Waals surface area contributed by atoms with Gasteiger partial charge in [0.25, 0.3) is 0 Å². The number of esters is 2. The first-order valence-electron chi connectivity index (χ1n) is 12.6. The van der Waals surface area contributed by atoms with E-state index in [0.29, 0.717) is 29.6 Å². The number of hydrogen-bond acceptors (Lipinski definition) is 8. The first kappa shape index (κ1) is 23.9. The fraction of sp³-hybridized carbons (Fsp3) is 0.448. The van der Waals surface area contributed by atoms with Crippen LogP contribution in [0.1, 0.15) is 65.1 Å². The molecule has 2 heterocycles. The van der Waals surface area contributed by atoms with Crippen LogP contribution in [0.4, 0.5) is 0 Å². The van der Waals surface area contributed by atoms with Gasteiger partial charge in [-0.1, -0.05) is 37.3 Å². The summed E-state index contributed by atoms with van der Waals surface area (Å²) in [6.07, 6.45) is 0.823. The molecule has 6 rings (SSSR count). The standard InChI is InChI=1S/C29H28O8/c1-28-12-18(36-21(31)11-15-7-5-4-6-8-15)24-22(17(28)9-10-19(28)30)25(32)26-23-16(13-35-26)27(33)37-20(14-34-3)29(23,24)2/h4-8,13,17-18,20H,9-12,14H2,1-3H3/t17-,18+,20+,28-,29-/m0/s1. The molecule has 8 nitrogen and oxygen atoms in total. The molecule has 0 N–H and O–H groups in total. The highest BCUT2D eigenvalue weighted by Crippen LogP contribution is 2.61. The van der Waals surface area contributed by atoms with E-state index in [4.69, 9.17) is 18.6 Å². The molecule has 2 aromatic rings. The number of ether oxygens (including phenoxy) is 3. The first-order chi connectivity index (χ1) is 17.7. The number of fused-ring (bicyclic) bond motifs is 3. The third-order valence-corrected chi connectivity index (χ3v) is 8.85. The molecule has 1 aliphatic heterocycles. The van der Waals surface area contributed by atoms with E-state index in [0.717, 1.165) is 5.56 Å². The predicted octanol–water partition coefficient (Wildman–Crippen LogP) is 3.76. The number of allylic oxidation sites excluding steroid dienone is 1. The quantitative estimate of drug-likeness (QED) is 0.567. The lowest BCUT2D eigenvalue weighted by Crippen LogP contribution is -2.57. The molecule has 0 saturated heterocycles. The zero-order chi connectivity index (χ0) is 26.1. The fourth-order valence-electron chi connectivity index (χ4n) is 7.04. The maximum Gasteiger partial charge on any atom is 0.342 e. The molecule has 3 aliphatic carbocycles. The number of cyclic esters (lactones) is 1. The van der Waals surface area contributed by atoms with Gasteiger partial charge in [0.15, 0.2) is 5.76 Å². The van der Waals surface area contributed by atoms with Gasteiger partial charge in [0, 0.05) is 42.4 Å². The number of Topliss-reactive ketones (excluding diaryl/α,β-unsaturated/α-hetero) is 2. The largest absolute Gasteiger partial charge is 0.460 e. The second-order valence-electron chi connectivity index (χ2n) is 10.8. The van der Waals surface area contributed by atoms with Gasteiger partial charge in [-0.25, -0.2) is 4.79 Å². The molecule has 0 bridgehead atoms. The van der Waals surface area contributed by atoms with Crippen LogP contribution in [0, 0.1) is 11.3 Å². The molecular formula is C29H28O8. The van der Waals surface area contributed by atoms with E-state index < -0.39 is 35.0 Å². The van der Waals surface area contributed by atoms with Crippen LogP contribution in [0.2, 0.25) is 0 Å². The van der Waals surface area contributed by atoms with Crippen molar-refractivity contribution >= 4 is 23.5 Å². The number of hydrogen-bond donors (Lipinski definition) is 0. The number of methoxy groups -OCH3 is 1. The summed E-state index contributed by atoms with van der Waals surface area (Å²) in [5.74, 6) is -1.59. The molecule has 1 fully saturated rings. The van der Waals surface area contributed by atoms with Crippen molar-refractivity contribution < 1.29 is 37.8 Å². The third-order valence-electron chi connectivity index (χ3n) is 8.85. The second-order valence-corrected chi connectivity index (χ2v) is 10.8. The lowest BCUT2D eigenvalue weighted by molar-refractivity contribution is -0.151. The van der Waals surface area contributed by atoms with Crippen molar-refractivity contribution in [2.45, 2.75) is 57.2 Å². The summed E-state index contributed by atoms with van der Waals surface area (Å²) in [5.41, 5.74) is 0.606. The molecule has 1 saturated carbocycles. The van der Waals surface area contributed by atoms with Crippen molar-refractivity contribution in [1.29, 1.82) is 0 Å². The molecule has 5 atom stereocenters. The molecule has 0 radical (unpaired) electrons. The maximum atomic E-state index is 14.0. The Labute approximate surface area is 213 Å². The van der Waals surface area contributed by atoms with Crippen LogP contribution in [-0.4, -0.2) is 49.4 Å². The van der Waals surface area contributed by atoms with E-state index in [2.05, 4.69) is 0 Å². The van der Waals surface area contributed by atoms with Gasteiger partial charge in [0.2, 0.25) is 5.78 Å². The molecule has 4 aliphatic rings. The van der Waals surface area contributed by atoms with E-state index in [1.807, 2.05) is 44.2 Å². The Balaban J connectivity index is 1.52. The van der Waals surface area contributed by atoms with Gasteiger partial charge in [-0.15, -0.1) is 0 Å². The van der Waals surface area contributed by atoms with E-state index >= 15 is 0 Å². The van der Waals surface area contributed by atoms with Gasteiger partial charge in [0.05, 0.1) is 18.4 Å². The molecule has 1 aromatic carbocycles. The zero-order valence-corrected chi connectivity index (χ0v) is 21.0. The summed E-state index contributed by atoms with van der Waals surface area (Å²) in [6, 6.07) is 9.25. The van der Waals surface area contributed by atoms with Crippen LogP contribution < -0.4 is 0 Å². The molecule has 8 heteroatoms. The van der Waals surface area contributed by atoms with Crippen molar-refractivity contribution in [1.82, 2.24) is 0 Å². The smallest absolute Gasteiger partial charge is 0.342 e. The number of rotatable bonds is 5. The van der Waals surface area contributed by atoms with Gasteiger partial charge in [-0.3, -0.25) is 14.4 Å². The maximum absolute atomic E-state index is 14.0. The van der Waals surface area contributed by atoms with E-state index in [1.165, 1.54) is 13.4 Å². The average Bonchev–Trinajstić information content (AvgIpc) is 3.44. The van der Waals surface area contributed by atoms with Gasteiger partial charge in [-0.2, -0.15) is 0 Å². The first-order valence-corrected chi connectivity index (χ1v) is 12.6. The highest BCUT2D eigenvalue weighted by molar-refractivity contribution is 6.14. The Morgan fingerprint density at radius 3 is 2.62 bits per heavy atom. The SMILES string of the molecule is COC[C@H]1OC(=O)c2coc3c2[C@@]1(C)C1=C(C3=O)[C@@H]2CCC(=O)[C@@]2(C)C[C@H]1OC(=O)Cc1ccccc1. The Morgan fingerprint density at radius 2 is 1.89 bits per heavy atom. The molecule has 37 heavy (non-hydrogen) atoms. The topological polar surface area (TPSA) is 109 Å². The zero-order valence-electron chi connectivity index (χ0n) is 21.0. The molecule has 0 amide bonds. The number of carbonyl (C=O) groups excluding carboxylic acids is 4. The number of benzene rings is 1. The second kappa shape index (κ2) is 8.25. The summed E-state index contributed by atoms with van der Waals surface area (Å²) in [7, 11) is 1.51. The molecule has 1 aromatic heterocycles. The van der Waals surface area contributed by atoms with Crippen molar-refractivity contribution in [3.8, 4) is 0 Å². The molecule has 192 valence electrons. The Hall–Kier alpha value is -3.52. The summed E-state index contributed by atoms with van der Waals surface area (Å²) in [6.45, 7) is 3.82. The van der Waals surface area contributed by atoms with Crippen molar-refractivity contribution in [2.75, 3.05) is 13.7 Å². The minimum atomic E-state index is -1.03. The number of furan rings is 1. The molecule has 0 unspecified atom stereocenters. The molecule has 0 spiro atoms. The van der Waals surface area contributed by atoms with E-state index in [9.17, 15) is 19.2 Å². The van der Waals surface area contributed by atoms with Crippen LogP contribution in [0.5, 0.6) is 0 Å². The lowest BCUT2D eigenvalue weighted by atomic mass is 9.54. The highest BCUT2D eigenvalue weighted by atomic mass is 16.6. The average molecular weight is 505 g/mol. The van der Waals surface area contributed by atoms with E-state index in [1.54, 1.807) is 0 Å². The Bertz CT molecular complexity index is 1370.